The van der Waals surface area contributed by atoms with Crippen LogP contribution in [0.1, 0.15) is 44.7 Å². The van der Waals surface area contributed by atoms with Gasteiger partial charge < -0.3 is 15.7 Å². The molecule has 1 aromatic rings. The van der Waals surface area contributed by atoms with Gasteiger partial charge in [0.1, 0.15) is 0 Å². The van der Waals surface area contributed by atoms with Crippen molar-refractivity contribution >= 4 is 17.5 Å². The maximum Gasteiger partial charge on any atom is 0.313 e. The van der Waals surface area contributed by atoms with Gasteiger partial charge in [0, 0.05) is 18.3 Å². The molecule has 5 heteroatoms. The van der Waals surface area contributed by atoms with Gasteiger partial charge in [-0.1, -0.05) is 39.0 Å². The number of aliphatic hydroxyl groups excluding tert-OH is 1. The molecule has 5 nitrogen and oxygen atoms in total. The summed E-state index contributed by atoms with van der Waals surface area (Å²) in [5, 5.41) is 14.4. The van der Waals surface area contributed by atoms with E-state index < -0.39 is 11.8 Å². The van der Waals surface area contributed by atoms with Crippen molar-refractivity contribution < 1.29 is 14.7 Å². The Morgan fingerprint density at radius 1 is 1.14 bits per heavy atom. The number of nitrogens with one attached hydrogen (secondary N) is 2. The smallest absolute Gasteiger partial charge is 0.313 e. The second-order valence-electron chi connectivity index (χ2n) is 6.07. The van der Waals surface area contributed by atoms with E-state index in [9.17, 15) is 9.59 Å². The van der Waals surface area contributed by atoms with Gasteiger partial charge in [-0.05, 0) is 36.8 Å². The Balaban J connectivity index is 2.83. The number of carbonyl (C=O) groups excluding carboxylic acids is 2. The molecule has 2 unspecified atom stereocenters. The van der Waals surface area contributed by atoms with E-state index in [0.717, 1.165) is 11.1 Å². The molecule has 0 saturated heterocycles. The predicted molar refractivity (Wildman–Crippen MR) is 87.8 cm³/mol. The fourth-order valence-corrected chi connectivity index (χ4v) is 2.09. The Morgan fingerprint density at radius 2 is 1.77 bits per heavy atom. The maximum absolute atomic E-state index is 12.1. The number of rotatable bonds is 5. The van der Waals surface area contributed by atoms with E-state index in [4.69, 9.17) is 5.11 Å². The maximum atomic E-state index is 12.1. The molecule has 1 rings (SSSR count). The first-order valence-electron chi connectivity index (χ1n) is 7.60. The van der Waals surface area contributed by atoms with Crippen LogP contribution in [0.5, 0.6) is 0 Å². The van der Waals surface area contributed by atoms with Crippen molar-refractivity contribution in [3.63, 3.8) is 0 Å². The second kappa shape index (κ2) is 7.94. The van der Waals surface area contributed by atoms with Crippen LogP contribution in [0.15, 0.2) is 18.2 Å². The Bertz CT molecular complexity index is 541. The molecule has 0 radical (unpaired) electrons. The number of para-hydroxylation sites is 1. The van der Waals surface area contributed by atoms with Crippen molar-refractivity contribution in [2.24, 2.45) is 5.92 Å². The molecule has 122 valence electrons. The summed E-state index contributed by atoms with van der Waals surface area (Å²) in [6.45, 7) is 9.50. The van der Waals surface area contributed by atoms with Gasteiger partial charge in [0.05, 0.1) is 0 Å². The van der Waals surface area contributed by atoms with Crippen molar-refractivity contribution in [1.82, 2.24) is 5.32 Å². The van der Waals surface area contributed by atoms with Crippen molar-refractivity contribution in [2.75, 3.05) is 11.9 Å². The van der Waals surface area contributed by atoms with Gasteiger partial charge in [0.25, 0.3) is 0 Å². The molecule has 22 heavy (non-hydrogen) atoms. The van der Waals surface area contributed by atoms with E-state index in [1.807, 2.05) is 39.0 Å². The SMILES string of the molecule is Cc1cccc(C(C)C)c1NC(=O)C(=O)NC(C)C(C)CO. The highest BCUT2D eigenvalue weighted by atomic mass is 16.3. The number of hydrogen-bond acceptors (Lipinski definition) is 3. The Kier molecular flexibility index (Phi) is 6.56. The number of hydrogen-bond donors (Lipinski definition) is 3. The lowest BCUT2D eigenvalue weighted by Gasteiger charge is -2.20. The highest BCUT2D eigenvalue weighted by molar-refractivity contribution is 6.39. The molecule has 0 aromatic heterocycles. The first-order valence-corrected chi connectivity index (χ1v) is 7.60. The van der Waals surface area contributed by atoms with Gasteiger partial charge in [-0.3, -0.25) is 9.59 Å². The van der Waals surface area contributed by atoms with Crippen LogP contribution in [0.2, 0.25) is 0 Å². The molecule has 0 aliphatic rings. The molecule has 0 aliphatic carbocycles. The average Bonchev–Trinajstić information content (AvgIpc) is 2.47. The van der Waals surface area contributed by atoms with Crippen molar-refractivity contribution in [3.8, 4) is 0 Å². The van der Waals surface area contributed by atoms with Crippen molar-refractivity contribution in [3.05, 3.63) is 29.3 Å². The quantitative estimate of drug-likeness (QED) is 0.730. The highest BCUT2D eigenvalue weighted by Gasteiger charge is 2.21. The number of benzene rings is 1. The van der Waals surface area contributed by atoms with Gasteiger partial charge >= 0.3 is 11.8 Å². The van der Waals surface area contributed by atoms with Gasteiger partial charge in [0.15, 0.2) is 0 Å². The summed E-state index contributed by atoms with van der Waals surface area (Å²) in [4.78, 5) is 24.1. The van der Waals surface area contributed by atoms with Gasteiger partial charge in [-0.2, -0.15) is 0 Å². The van der Waals surface area contributed by atoms with Crippen LogP contribution in [0.3, 0.4) is 0 Å². The largest absolute Gasteiger partial charge is 0.396 e. The molecule has 0 heterocycles. The molecule has 3 N–H and O–H groups in total. The topological polar surface area (TPSA) is 78.4 Å². The molecule has 0 aliphatic heterocycles. The zero-order valence-corrected chi connectivity index (χ0v) is 13.9. The number of amides is 2. The molecule has 0 bridgehead atoms. The lowest BCUT2D eigenvalue weighted by Crippen LogP contribution is -2.44. The summed E-state index contributed by atoms with van der Waals surface area (Å²) in [6.07, 6.45) is 0. The minimum atomic E-state index is -0.689. The van der Waals surface area contributed by atoms with E-state index in [0.29, 0.717) is 5.69 Å². The summed E-state index contributed by atoms with van der Waals surface area (Å²) >= 11 is 0. The molecular weight excluding hydrogens is 280 g/mol. The third-order valence-corrected chi connectivity index (χ3v) is 3.87. The minimum Gasteiger partial charge on any atom is -0.396 e. The van der Waals surface area contributed by atoms with E-state index in [1.165, 1.54) is 0 Å². The minimum absolute atomic E-state index is 0.0433. The summed E-state index contributed by atoms with van der Waals surface area (Å²) in [7, 11) is 0. The summed E-state index contributed by atoms with van der Waals surface area (Å²) in [6, 6.07) is 5.51. The second-order valence-corrected chi connectivity index (χ2v) is 6.07. The first-order chi connectivity index (χ1) is 10.3. The monoisotopic (exact) mass is 306 g/mol. The lowest BCUT2D eigenvalue weighted by molar-refractivity contribution is -0.136. The zero-order valence-electron chi connectivity index (χ0n) is 13.9. The summed E-state index contributed by atoms with van der Waals surface area (Å²) in [5.74, 6) is -1.24. The third kappa shape index (κ3) is 4.56. The molecular formula is C17H26N2O3. The summed E-state index contributed by atoms with van der Waals surface area (Å²) in [5.41, 5.74) is 2.61. The lowest BCUT2D eigenvalue weighted by atomic mass is 9.98. The van der Waals surface area contributed by atoms with E-state index in [1.54, 1.807) is 13.8 Å². The molecule has 2 atom stereocenters. The van der Waals surface area contributed by atoms with Crippen LogP contribution in [0.4, 0.5) is 5.69 Å². The van der Waals surface area contributed by atoms with Crippen LogP contribution in [0, 0.1) is 12.8 Å². The predicted octanol–water partition coefficient (Wildman–Crippen LogP) is 2.19. The van der Waals surface area contributed by atoms with Gasteiger partial charge in [0.2, 0.25) is 0 Å². The molecule has 2 amide bonds. The highest BCUT2D eigenvalue weighted by Crippen LogP contribution is 2.27. The fraction of sp³-hybridized carbons (Fsp3) is 0.529. The summed E-state index contributed by atoms with van der Waals surface area (Å²) < 4.78 is 0. The third-order valence-electron chi connectivity index (χ3n) is 3.87. The molecule has 1 aromatic carbocycles. The van der Waals surface area contributed by atoms with E-state index in [2.05, 4.69) is 10.6 Å². The first kappa shape index (κ1) is 18.2. The number of aryl methyl sites for hydroxylation is 1. The molecule has 0 spiro atoms. The Hall–Kier alpha value is -1.88. The van der Waals surface area contributed by atoms with E-state index >= 15 is 0 Å². The fourth-order valence-electron chi connectivity index (χ4n) is 2.09. The molecule has 0 saturated carbocycles. The van der Waals surface area contributed by atoms with Crippen LogP contribution in [0.25, 0.3) is 0 Å². The van der Waals surface area contributed by atoms with Gasteiger partial charge in [-0.15, -0.1) is 0 Å². The number of carbonyl (C=O) groups is 2. The van der Waals surface area contributed by atoms with Crippen LogP contribution < -0.4 is 10.6 Å². The van der Waals surface area contributed by atoms with Crippen LogP contribution >= 0.6 is 0 Å². The van der Waals surface area contributed by atoms with Crippen molar-refractivity contribution in [2.45, 2.75) is 46.6 Å². The normalized spacial score (nSPS) is 13.6. The zero-order chi connectivity index (χ0) is 16.9. The average molecular weight is 306 g/mol. The number of aliphatic hydroxyl groups is 1. The van der Waals surface area contributed by atoms with Crippen molar-refractivity contribution in [1.29, 1.82) is 0 Å². The number of anilines is 1. The standard InChI is InChI=1S/C17H26N2O3/c1-10(2)14-8-6-7-11(3)15(14)19-17(22)16(21)18-13(5)12(4)9-20/h6-8,10,12-13,20H,9H2,1-5H3,(H,18,21)(H,19,22). The van der Waals surface area contributed by atoms with Crippen LogP contribution in [-0.2, 0) is 9.59 Å². The van der Waals surface area contributed by atoms with E-state index in [-0.39, 0.29) is 24.5 Å². The Labute approximate surface area is 132 Å². The van der Waals surface area contributed by atoms with Crippen LogP contribution in [-0.4, -0.2) is 29.6 Å². The Morgan fingerprint density at radius 3 is 2.32 bits per heavy atom. The molecule has 0 fully saturated rings. The van der Waals surface area contributed by atoms with Gasteiger partial charge in [-0.25, -0.2) is 0 Å².